The van der Waals surface area contributed by atoms with Gasteiger partial charge in [0.1, 0.15) is 5.76 Å². The summed E-state index contributed by atoms with van der Waals surface area (Å²) in [4.78, 5) is 1.36. The van der Waals surface area contributed by atoms with Gasteiger partial charge in [-0.15, -0.1) is 11.3 Å². The molecule has 3 heteroatoms. The molecule has 0 unspecified atom stereocenters. The zero-order valence-corrected chi connectivity index (χ0v) is 10.1. The molecule has 1 N–H and O–H groups in total. The van der Waals surface area contributed by atoms with Crippen molar-refractivity contribution in [1.29, 1.82) is 0 Å². The number of nitrogens with one attached hydrogen (secondary N) is 1. The first-order valence-corrected chi connectivity index (χ1v) is 6.57. The third-order valence-corrected chi connectivity index (χ3v) is 3.87. The van der Waals surface area contributed by atoms with Crippen molar-refractivity contribution in [2.75, 3.05) is 0 Å². The molecule has 0 bridgehead atoms. The summed E-state index contributed by atoms with van der Waals surface area (Å²) in [5.41, 5.74) is 2.55. The number of hydrogen-bond acceptors (Lipinski definition) is 3. The van der Waals surface area contributed by atoms with Gasteiger partial charge >= 0.3 is 0 Å². The van der Waals surface area contributed by atoms with Crippen LogP contribution < -0.4 is 5.32 Å². The van der Waals surface area contributed by atoms with Crippen LogP contribution in [0.25, 0.3) is 11.1 Å². The van der Waals surface area contributed by atoms with Gasteiger partial charge in [0.15, 0.2) is 0 Å². The number of rotatable bonds is 4. The molecule has 1 saturated carbocycles. The van der Waals surface area contributed by atoms with Crippen LogP contribution in [0, 0.1) is 6.92 Å². The van der Waals surface area contributed by atoms with E-state index in [2.05, 4.69) is 29.8 Å². The molecule has 2 aromatic rings. The van der Waals surface area contributed by atoms with E-state index in [-0.39, 0.29) is 0 Å². The first kappa shape index (κ1) is 10.1. The fraction of sp³-hybridized carbons (Fsp3) is 0.385. The molecule has 0 radical (unpaired) electrons. The van der Waals surface area contributed by atoms with Crippen molar-refractivity contribution in [1.82, 2.24) is 5.32 Å². The van der Waals surface area contributed by atoms with Gasteiger partial charge in [-0.3, -0.25) is 0 Å². The molecular formula is C13H15NOS. The summed E-state index contributed by atoms with van der Waals surface area (Å²) < 4.78 is 5.56. The molecule has 0 spiro atoms. The SMILES string of the molecule is Cc1sccc1-c1ccoc1CNC1CC1. The minimum atomic E-state index is 0.724. The maximum absolute atomic E-state index is 5.56. The second-order valence-electron chi connectivity index (χ2n) is 4.30. The molecule has 0 aromatic carbocycles. The molecule has 2 nitrogen and oxygen atoms in total. The number of thiophene rings is 1. The second-order valence-corrected chi connectivity index (χ2v) is 5.42. The minimum Gasteiger partial charge on any atom is -0.467 e. The van der Waals surface area contributed by atoms with E-state index in [1.165, 1.54) is 28.8 Å². The highest BCUT2D eigenvalue weighted by molar-refractivity contribution is 7.10. The van der Waals surface area contributed by atoms with Gasteiger partial charge < -0.3 is 9.73 Å². The minimum absolute atomic E-state index is 0.724. The lowest BCUT2D eigenvalue weighted by atomic mass is 10.1. The van der Waals surface area contributed by atoms with Crippen molar-refractivity contribution in [2.24, 2.45) is 0 Å². The predicted octanol–water partition coefficient (Wildman–Crippen LogP) is 3.57. The van der Waals surface area contributed by atoms with Gasteiger partial charge in [0, 0.05) is 16.5 Å². The average molecular weight is 233 g/mol. The average Bonchev–Trinajstić information content (AvgIpc) is 2.83. The standard InChI is InChI=1S/C13H15NOS/c1-9-11(5-7-16-9)12-4-6-15-13(12)8-14-10-2-3-10/h4-7,10,14H,2-3,8H2,1H3. The molecule has 16 heavy (non-hydrogen) atoms. The Hall–Kier alpha value is -1.06. The highest BCUT2D eigenvalue weighted by atomic mass is 32.1. The zero-order valence-electron chi connectivity index (χ0n) is 9.32. The largest absolute Gasteiger partial charge is 0.467 e. The van der Waals surface area contributed by atoms with Gasteiger partial charge in [-0.2, -0.15) is 0 Å². The van der Waals surface area contributed by atoms with E-state index in [0.717, 1.165) is 18.3 Å². The van der Waals surface area contributed by atoms with Crippen LogP contribution in [0.3, 0.4) is 0 Å². The lowest BCUT2D eigenvalue weighted by molar-refractivity contribution is 0.483. The van der Waals surface area contributed by atoms with E-state index in [9.17, 15) is 0 Å². The van der Waals surface area contributed by atoms with Gasteiger partial charge in [0.05, 0.1) is 12.8 Å². The normalized spacial score (nSPS) is 15.6. The molecule has 1 fully saturated rings. The van der Waals surface area contributed by atoms with E-state index in [1.807, 2.05) is 0 Å². The van der Waals surface area contributed by atoms with E-state index >= 15 is 0 Å². The van der Waals surface area contributed by atoms with E-state index in [1.54, 1.807) is 17.6 Å². The third-order valence-electron chi connectivity index (χ3n) is 3.02. The number of furan rings is 1. The van der Waals surface area contributed by atoms with Crippen LogP contribution in [0.1, 0.15) is 23.5 Å². The lowest BCUT2D eigenvalue weighted by Gasteiger charge is -2.03. The van der Waals surface area contributed by atoms with Crippen LogP contribution in [0.4, 0.5) is 0 Å². The van der Waals surface area contributed by atoms with Gasteiger partial charge in [-0.05, 0) is 42.8 Å². The quantitative estimate of drug-likeness (QED) is 0.873. The zero-order chi connectivity index (χ0) is 11.0. The Labute approximate surface area is 99.3 Å². The summed E-state index contributed by atoms with van der Waals surface area (Å²) in [6.45, 7) is 3.01. The van der Waals surface area contributed by atoms with Crippen LogP contribution in [0.5, 0.6) is 0 Å². The summed E-state index contributed by atoms with van der Waals surface area (Å²) in [7, 11) is 0. The summed E-state index contributed by atoms with van der Waals surface area (Å²) in [5, 5.41) is 5.63. The van der Waals surface area contributed by atoms with Crippen molar-refractivity contribution in [2.45, 2.75) is 32.4 Å². The van der Waals surface area contributed by atoms with E-state index < -0.39 is 0 Å². The van der Waals surface area contributed by atoms with E-state index in [0.29, 0.717) is 0 Å². The van der Waals surface area contributed by atoms with Crippen molar-refractivity contribution in [3.8, 4) is 11.1 Å². The maximum atomic E-state index is 5.56. The van der Waals surface area contributed by atoms with Gasteiger partial charge in [-0.25, -0.2) is 0 Å². The van der Waals surface area contributed by atoms with Crippen LogP contribution in [-0.2, 0) is 6.54 Å². The number of hydrogen-bond donors (Lipinski definition) is 1. The van der Waals surface area contributed by atoms with Crippen molar-refractivity contribution < 1.29 is 4.42 Å². The summed E-state index contributed by atoms with van der Waals surface area (Å²) >= 11 is 1.79. The third kappa shape index (κ3) is 1.93. The molecule has 2 aromatic heterocycles. The fourth-order valence-electron chi connectivity index (χ4n) is 1.91. The van der Waals surface area contributed by atoms with Crippen LogP contribution >= 0.6 is 11.3 Å². The molecule has 1 aliphatic rings. The highest BCUT2D eigenvalue weighted by Crippen LogP contribution is 2.31. The van der Waals surface area contributed by atoms with Crippen molar-refractivity contribution in [3.63, 3.8) is 0 Å². The first-order chi connectivity index (χ1) is 7.84. The Bertz CT molecular complexity index is 482. The predicted molar refractivity (Wildman–Crippen MR) is 66.6 cm³/mol. The Morgan fingerprint density at radius 2 is 2.25 bits per heavy atom. The smallest absolute Gasteiger partial charge is 0.125 e. The van der Waals surface area contributed by atoms with Gasteiger partial charge in [0.2, 0.25) is 0 Å². The molecule has 3 rings (SSSR count). The molecule has 0 aliphatic heterocycles. The number of aryl methyl sites for hydroxylation is 1. The van der Waals surface area contributed by atoms with Crippen LogP contribution in [-0.4, -0.2) is 6.04 Å². The lowest BCUT2D eigenvalue weighted by Crippen LogP contribution is -2.15. The van der Waals surface area contributed by atoms with Gasteiger partial charge in [0.25, 0.3) is 0 Å². The molecule has 84 valence electrons. The molecule has 0 saturated heterocycles. The molecular weight excluding hydrogens is 218 g/mol. The molecule has 0 amide bonds. The summed E-state index contributed by atoms with van der Waals surface area (Å²) in [6.07, 6.45) is 4.41. The first-order valence-electron chi connectivity index (χ1n) is 5.69. The Kier molecular flexibility index (Phi) is 2.58. The van der Waals surface area contributed by atoms with E-state index in [4.69, 9.17) is 4.42 Å². The molecule has 2 heterocycles. The monoisotopic (exact) mass is 233 g/mol. The summed E-state index contributed by atoms with van der Waals surface area (Å²) in [6, 6.07) is 4.96. The second kappa shape index (κ2) is 4.07. The maximum Gasteiger partial charge on any atom is 0.125 e. The topological polar surface area (TPSA) is 25.2 Å². The van der Waals surface area contributed by atoms with Crippen LogP contribution in [0.15, 0.2) is 28.2 Å². The fourth-order valence-corrected chi connectivity index (χ4v) is 2.62. The van der Waals surface area contributed by atoms with Crippen LogP contribution in [0.2, 0.25) is 0 Å². The van der Waals surface area contributed by atoms with Crippen molar-refractivity contribution >= 4 is 11.3 Å². The highest BCUT2D eigenvalue weighted by Gasteiger charge is 2.21. The Morgan fingerprint density at radius 3 is 2.94 bits per heavy atom. The molecule has 1 aliphatic carbocycles. The molecule has 0 atom stereocenters. The summed E-state index contributed by atoms with van der Waals surface area (Å²) in [5.74, 6) is 1.06. The van der Waals surface area contributed by atoms with Gasteiger partial charge in [-0.1, -0.05) is 0 Å². The Balaban J connectivity index is 1.83. The van der Waals surface area contributed by atoms with Crippen molar-refractivity contribution in [3.05, 3.63) is 34.4 Å². The Morgan fingerprint density at radius 1 is 1.38 bits per heavy atom.